The Morgan fingerprint density at radius 2 is 1.94 bits per heavy atom. The first kappa shape index (κ1) is 12.2. The number of nitrogens with zero attached hydrogens (tertiary/aromatic N) is 2. The summed E-state index contributed by atoms with van der Waals surface area (Å²) < 4.78 is 0. The van der Waals surface area contributed by atoms with Crippen molar-refractivity contribution >= 4 is 11.3 Å². The molecule has 0 atom stereocenters. The zero-order valence-electron chi connectivity index (χ0n) is 10.2. The van der Waals surface area contributed by atoms with E-state index in [-0.39, 0.29) is 0 Å². The molecule has 90 valence electrons. The maximum atomic E-state index is 4.25. The summed E-state index contributed by atoms with van der Waals surface area (Å²) in [4.78, 5) is 0. The van der Waals surface area contributed by atoms with Crippen LogP contribution in [0.3, 0.4) is 0 Å². The monoisotopic (exact) mass is 247 g/mol. The van der Waals surface area contributed by atoms with E-state index in [1.54, 1.807) is 11.3 Å². The lowest BCUT2D eigenvalue weighted by molar-refractivity contribution is 0.777. The van der Waals surface area contributed by atoms with Gasteiger partial charge in [-0.25, -0.2) is 0 Å². The van der Waals surface area contributed by atoms with Crippen molar-refractivity contribution in [1.82, 2.24) is 15.5 Å². The van der Waals surface area contributed by atoms with E-state index in [0.717, 1.165) is 29.4 Å². The summed E-state index contributed by atoms with van der Waals surface area (Å²) >= 11 is 1.71. The molecule has 4 heteroatoms. The third kappa shape index (κ3) is 3.35. The van der Waals surface area contributed by atoms with Gasteiger partial charge < -0.3 is 5.32 Å². The normalized spacial score (nSPS) is 10.7. The van der Waals surface area contributed by atoms with Crippen molar-refractivity contribution < 1.29 is 0 Å². The van der Waals surface area contributed by atoms with E-state index in [0.29, 0.717) is 0 Å². The maximum absolute atomic E-state index is 4.25. The van der Waals surface area contributed by atoms with Crippen LogP contribution >= 0.6 is 11.3 Å². The molecule has 1 N–H and O–H groups in total. The van der Waals surface area contributed by atoms with E-state index < -0.39 is 0 Å². The molecule has 0 saturated heterocycles. The molecule has 0 fully saturated rings. The standard InChI is InChI=1S/C13H17N3S/c1-10-5-3-4-6-11(10)9-13-16-15-12(17-13)7-8-14-2/h3-6,14H,7-9H2,1-2H3. The molecule has 2 rings (SSSR count). The molecule has 17 heavy (non-hydrogen) atoms. The van der Waals surface area contributed by atoms with Gasteiger partial charge in [-0.2, -0.15) is 0 Å². The summed E-state index contributed by atoms with van der Waals surface area (Å²) in [6, 6.07) is 8.44. The molecule has 1 aromatic carbocycles. The van der Waals surface area contributed by atoms with Gasteiger partial charge in [-0.15, -0.1) is 21.5 Å². The molecule has 2 aromatic rings. The number of nitrogens with one attached hydrogen (secondary N) is 1. The quantitative estimate of drug-likeness (QED) is 0.880. The molecular formula is C13H17N3S. The zero-order chi connectivity index (χ0) is 12.1. The Labute approximate surface area is 106 Å². The fourth-order valence-electron chi connectivity index (χ4n) is 1.66. The highest BCUT2D eigenvalue weighted by Crippen LogP contribution is 2.17. The minimum Gasteiger partial charge on any atom is -0.319 e. The van der Waals surface area contributed by atoms with Crippen LogP contribution in [-0.2, 0) is 12.8 Å². The Balaban J connectivity index is 2.04. The lowest BCUT2D eigenvalue weighted by Crippen LogP contribution is -2.09. The second-order valence-corrected chi connectivity index (χ2v) is 5.19. The molecule has 0 radical (unpaired) electrons. The fourth-order valence-corrected chi connectivity index (χ4v) is 2.53. The van der Waals surface area contributed by atoms with E-state index in [1.165, 1.54) is 11.1 Å². The van der Waals surface area contributed by atoms with Crippen molar-refractivity contribution in [3.63, 3.8) is 0 Å². The van der Waals surface area contributed by atoms with Crippen molar-refractivity contribution in [2.75, 3.05) is 13.6 Å². The third-order valence-corrected chi connectivity index (χ3v) is 3.68. The molecule has 3 nitrogen and oxygen atoms in total. The highest BCUT2D eigenvalue weighted by Gasteiger charge is 2.06. The molecule has 0 amide bonds. The van der Waals surface area contributed by atoms with Crippen molar-refractivity contribution in [2.45, 2.75) is 19.8 Å². The predicted molar refractivity (Wildman–Crippen MR) is 71.5 cm³/mol. The molecule has 0 aliphatic carbocycles. The van der Waals surface area contributed by atoms with Gasteiger partial charge in [0.05, 0.1) is 0 Å². The number of hydrogen-bond acceptors (Lipinski definition) is 4. The number of aromatic nitrogens is 2. The zero-order valence-corrected chi connectivity index (χ0v) is 11.0. The van der Waals surface area contributed by atoms with Gasteiger partial charge >= 0.3 is 0 Å². The molecule has 0 unspecified atom stereocenters. The van der Waals surface area contributed by atoms with Crippen molar-refractivity contribution in [3.05, 3.63) is 45.4 Å². The van der Waals surface area contributed by atoms with Gasteiger partial charge in [0.25, 0.3) is 0 Å². The van der Waals surface area contributed by atoms with Crippen LogP contribution in [0.1, 0.15) is 21.1 Å². The Hall–Kier alpha value is -1.26. The third-order valence-electron chi connectivity index (χ3n) is 2.70. The molecular weight excluding hydrogens is 230 g/mol. The van der Waals surface area contributed by atoms with Gasteiger partial charge in [-0.1, -0.05) is 24.3 Å². The first-order chi connectivity index (χ1) is 8.29. The average molecular weight is 247 g/mol. The van der Waals surface area contributed by atoms with E-state index in [2.05, 4.69) is 46.7 Å². The largest absolute Gasteiger partial charge is 0.319 e. The van der Waals surface area contributed by atoms with Crippen LogP contribution in [0.2, 0.25) is 0 Å². The van der Waals surface area contributed by atoms with Gasteiger partial charge in [-0.05, 0) is 25.1 Å². The van der Waals surface area contributed by atoms with Crippen molar-refractivity contribution in [3.8, 4) is 0 Å². The molecule has 0 spiro atoms. The average Bonchev–Trinajstić information content (AvgIpc) is 2.77. The summed E-state index contributed by atoms with van der Waals surface area (Å²) in [5.74, 6) is 0. The van der Waals surface area contributed by atoms with Gasteiger partial charge in [0.15, 0.2) is 0 Å². The van der Waals surface area contributed by atoms with Gasteiger partial charge in [0, 0.05) is 19.4 Å². The Bertz CT molecular complexity index is 479. The first-order valence-corrected chi connectivity index (χ1v) is 6.61. The number of rotatable bonds is 5. The van der Waals surface area contributed by atoms with Gasteiger partial charge in [0.2, 0.25) is 0 Å². The highest BCUT2D eigenvalue weighted by atomic mass is 32.1. The van der Waals surface area contributed by atoms with Gasteiger partial charge in [-0.3, -0.25) is 0 Å². The number of benzene rings is 1. The van der Waals surface area contributed by atoms with E-state index >= 15 is 0 Å². The summed E-state index contributed by atoms with van der Waals surface area (Å²) in [5.41, 5.74) is 2.66. The second kappa shape index (κ2) is 5.89. The first-order valence-electron chi connectivity index (χ1n) is 5.80. The number of aryl methyl sites for hydroxylation is 1. The number of likely N-dealkylation sites (N-methyl/N-ethyl adjacent to an activating group) is 1. The van der Waals surface area contributed by atoms with Crippen LogP contribution in [0.4, 0.5) is 0 Å². The van der Waals surface area contributed by atoms with Crippen LogP contribution < -0.4 is 5.32 Å². The Kier molecular flexibility index (Phi) is 4.23. The summed E-state index contributed by atoms with van der Waals surface area (Å²) in [6.45, 7) is 3.09. The summed E-state index contributed by atoms with van der Waals surface area (Å²) in [5, 5.41) is 13.8. The molecule has 0 bridgehead atoms. The van der Waals surface area contributed by atoms with Crippen molar-refractivity contribution in [1.29, 1.82) is 0 Å². The van der Waals surface area contributed by atoms with E-state index in [9.17, 15) is 0 Å². The highest BCUT2D eigenvalue weighted by molar-refractivity contribution is 7.11. The predicted octanol–water partition coefficient (Wildman–Crippen LogP) is 2.20. The summed E-state index contributed by atoms with van der Waals surface area (Å²) in [6.07, 6.45) is 1.85. The smallest absolute Gasteiger partial charge is 0.121 e. The van der Waals surface area contributed by atoms with Gasteiger partial charge in [0.1, 0.15) is 10.0 Å². The second-order valence-electron chi connectivity index (χ2n) is 4.05. The lowest BCUT2D eigenvalue weighted by Gasteiger charge is -2.01. The SMILES string of the molecule is CNCCc1nnc(Cc2ccccc2C)s1. The molecule has 0 aliphatic rings. The fraction of sp³-hybridized carbons (Fsp3) is 0.385. The van der Waals surface area contributed by atoms with Crippen LogP contribution in [0.25, 0.3) is 0 Å². The van der Waals surface area contributed by atoms with E-state index in [4.69, 9.17) is 0 Å². The van der Waals surface area contributed by atoms with Crippen LogP contribution in [0.5, 0.6) is 0 Å². The van der Waals surface area contributed by atoms with Crippen LogP contribution in [0, 0.1) is 6.92 Å². The maximum Gasteiger partial charge on any atom is 0.121 e. The molecule has 0 aliphatic heterocycles. The Morgan fingerprint density at radius 1 is 1.18 bits per heavy atom. The Morgan fingerprint density at radius 3 is 2.71 bits per heavy atom. The molecule has 1 aromatic heterocycles. The van der Waals surface area contributed by atoms with Crippen LogP contribution in [-0.4, -0.2) is 23.8 Å². The topological polar surface area (TPSA) is 37.8 Å². The molecule has 1 heterocycles. The number of hydrogen-bond donors (Lipinski definition) is 1. The summed E-state index contributed by atoms with van der Waals surface area (Å²) in [7, 11) is 1.95. The van der Waals surface area contributed by atoms with Crippen molar-refractivity contribution in [2.24, 2.45) is 0 Å². The lowest BCUT2D eigenvalue weighted by atomic mass is 10.1. The van der Waals surface area contributed by atoms with Crippen LogP contribution in [0.15, 0.2) is 24.3 Å². The molecule has 0 saturated carbocycles. The van der Waals surface area contributed by atoms with E-state index in [1.807, 2.05) is 7.05 Å². The minimum atomic E-state index is 0.893. The minimum absolute atomic E-state index is 0.893.